The second kappa shape index (κ2) is 7.05. The molecule has 3 amide bonds. The lowest BCUT2D eigenvalue weighted by Gasteiger charge is -2.24. The largest absolute Gasteiger partial charge is 0.322 e. The Hall–Kier alpha value is -2.34. The van der Waals surface area contributed by atoms with E-state index in [2.05, 4.69) is 11.4 Å². The minimum atomic E-state index is -0.0708. The van der Waals surface area contributed by atoms with Crippen molar-refractivity contribution < 1.29 is 9.59 Å². The molecule has 0 bridgehead atoms. The summed E-state index contributed by atoms with van der Waals surface area (Å²) in [5.41, 5.74) is 1.54. The first-order valence-corrected chi connectivity index (χ1v) is 8.89. The molecule has 0 radical (unpaired) electrons. The summed E-state index contributed by atoms with van der Waals surface area (Å²) >= 11 is 1.70. The van der Waals surface area contributed by atoms with Gasteiger partial charge in [-0.3, -0.25) is 4.79 Å². The highest BCUT2D eigenvalue weighted by Crippen LogP contribution is 2.34. The maximum absolute atomic E-state index is 12.6. The number of anilines is 2. The van der Waals surface area contributed by atoms with Crippen LogP contribution in [0.15, 0.2) is 41.8 Å². The molecule has 1 saturated heterocycles. The number of nitrogens with zero attached hydrogens (tertiary/aromatic N) is 2. The molecule has 0 unspecified atom stereocenters. The zero-order valence-electron chi connectivity index (χ0n) is 13.9. The third kappa shape index (κ3) is 3.43. The number of amides is 3. The maximum atomic E-state index is 12.6. The Labute approximate surface area is 145 Å². The number of benzene rings is 1. The van der Waals surface area contributed by atoms with Gasteiger partial charge in [-0.05, 0) is 48.6 Å². The molecule has 1 atom stereocenters. The topological polar surface area (TPSA) is 52.7 Å². The van der Waals surface area contributed by atoms with E-state index in [1.807, 2.05) is 40.6 Å². The predicted molar refractivity (Wildman–Crippen MR) is 97.5 cm³/mol. The average Bonchev–Trinajstić information content (AvgIpc) is 3.25. The summed E-state index contributed by atoms with van der Waals surface area (Å²) in [5, 5.41) is 5.01. The Morgan fingerprint density at radius 3 is 2.62 bits per heavy atom. The van der Waals surface area contributed by atoms with Gasteiger partial charge in [0.2, 0.25) is 5.91 Å². The molecule has 1 aliphatic rings. The van der Waals surface area contributed by atoms with Crippen LogP contribution in [0.5, 0.6) is 0 Å². The van der Waals surface area contributed by atoms with E-state index in [9.17, 15) is 9.59 Å². The van der Waals surface area contributed by atoms with E-state index >= 15 is 0 Å². The van der Waals surface area contributed by atoms with Gasteiger partial charge in [0.25, 0.3) is 0 Å². The third-order valence-electron chi connectivity index (χ3n) is 4.36. The number of carbonyl (C=O) groups excluding carboxylic acids is 2. The van der Waals surface area contributed by atoms with Gasteiger partial charge in [-0.15, -0.1) is 11.3 Å². The van der Waals surface area contributed by atoms with Gasteiger partial charge in [0.05, 0.1) is 6.04 Å². The minimum absolute atomic E-state index is 0.0253. The number of hydrogen-bond donors (Lipinski definition) is 1. The molecule has 1 aromatic carbocycles. The maximum Gasteiger partial charge on any atom is 0.322 e. The van der Waals surface area contributed by atoms with Crippen LogP contribution in [-0.4, -0.2) is 30.4 Å². The fourth-order valence-electron chi connectivity index (χ4n) is 2.93. The van der Waals surface area contributed by atoms with Gasteiger partial charge in [-0.1, -0.05) is 6.07 Å². The minimum Gasteiger partial charge on any atom is -0.317 e. The molecule has 1 aliphatic heterocycles. The van der Waals surface area contributed by atoms with Crippen molar-refractivity contribution in [3.63, 3.8) is 0 Å². The van der Waals surface area contributed by atoms with E-state index in [1.165, 1.54) is 11.8 Å². The molecule has 3 rings (SSSR count). The monoisotopic (exact) mass is 343 g/mol. The number of rotatable bonds is 3. The first kappa shape index (κ1) is 16.5. The van der Waals surface area contributed by atoms with Crippen LogP contribution in [0.4, 0.5) is 16.2 Å². The number of likely N-dealkylation sites (tertiary alicyclic amines) is 1. The molecule has 126 valence electrons. The summed E-state index contributed by atoms with van der Waals surface area (Å²) in [5.74, 6) is -0.0253. The molecule has 1 N–H and O–H groups in total. The number of thiophene rings is 1. The third-order valence-corrected chi connectivity index (χ3v) is 5.34. The number of hydrogen-bond acceptors (Lipinski definition) is 3. The summed E-state index contributed by atoms with van der Waals surface area (Å²) in [6, 6.07) is 11.5. The van der Waals surface area contributed by atoms with Crippen molar-refractivity contribution >= 4 is 34.6 Å². The van der Waals surface area contributed by atoms with Crippen molar-refractivity contribution in [3.05, 3.63) is 46.7 Å². The van der Waals surface area contributed by atoms with E-state index in [0.29, 0.717) is 0 Å². The second-order valence-electron chi connectivity index (χ2n) is 5.92. The van der Waals surface area contributed by atoms with E-state index in [-0.39, 0.29) is 18.0 Å². The Bertz CT molecular complexity index is 712. The van der Waals surface area contributed by atoms with Gasteiger partial charge >= 0.3 is 6.03 Å². The molecule has 5 nitrogen and oxygen atoms in total. The van der Waals surface area contributed by atoms with Crippen LogP contribution in [0.3, 0.4) is 0 Å². The summed E-state index contributed by atoms with van der Waals surface area (Å²) in [6.45, 7) is 2.30. The summed E-state index contributed by atoms with van der Waals surface area (Å²) in [6.07, 6.45) is 2.04. The molecule has 24 heavy (non-hydrogen) atoms. The molecule has 6 heteroatoms. The van der Waals surface area contributed by atoms with Gasteiger partial charge in [0, 0.05) is 36.8 Å². The van der Waals surface area contributed by atoms with Crippen LogP contribution in [-0.2, 0) is 4.79 Å². The molecule has 2 heterocycles. The number of carbonyl (C=O) groups is 2. The fraction of sp³-hybridized carbons (Fsp3) is 0.333. The van der Waals surface area contributed by atoms with Crippen LogP contribution in [0.25, 0.3) is 0 Å². The van der Waals surface area contributed by atoms with Crippen LogP contribution < -0.4 is 10.2 Å². The molecule has 1 aromatic heterocycles. The number of nitrogens with one attached hydrogen (secondary N) is 1. The van der Waals surface area contributed by atoms with Gasteiger partial charge in [0.15, 0.2) is 0 Å². The fourth-order valence-corrected chi connectivity index (χ4v) is 3.81. The van der Waals surface area contributed by atoms with Crippen molar-refractivity contribution in [1.82, 2.24) is 4.90 Å². The molecule has 0 saturated carbocycles. The van der Waals surface area contributed by atoms with Crippen molar-refractivity contribution in [2.24, 2.45) is 0 Å². The van der Waals surface area contributed by atoms with Crippen molar-refractivity contribution in [3.8, 4) is 0 Å². The quantitative estimate of drug-likeness (QED) is 0.912. The van der Waals surface area contributed by atoms with Crippen LogP contribution in [0.1, 0.15) is 30.7 Å². The second-order valence-corrected chi connectivity index (χ2v) is 6.90. The highest BCUT2D eigenvalue weighted by atomic mass is 32.1. The van der Waals surface area contributed by atoms with E-state index < -0.39 is 0 Å². The first-order valence-electron chi connectivity index (χ1n) is 8.01. The van der Waals surface area contributed by atoms with Crippen molar-refractivity contribution in [2.45, 2.75) is 25.8 Å². The number of urea groups is 1. The molecule has 2 aromatic rings. The first-order chi connectivity index (χ1) is 11.6. The molecule has 0 spiro atoms. The van der Waals surface area contributed by atoms with Gasteiger partial charge in [0.1, 0.15) is 0 Å². The molecule has 1 fully saturated rings. The normalized spacial score (nSPS) is 16.9. The Balaban J connectivity index is 1.67. The van der Waals surface area contributed by atoms with E-state index in [0.717, 1.165) is 30.8 Å². The van der Waals surface area contributed by atoms with Crippen LogP contribution >= 0.6 is 11.3 Å². The van der Waals surface area contributed by atoms with Gasteiger partial charge in [-0.2, -0.15) is 0 Å². The SMILES string of the molecule is CC(=O)N(C)c1ccc(NC(=O)N2CCC[C@H]2c2cccs2)cc1. The van der Waals surface area contributed by atoms with Crippen LogP contribution in [0, 0.1) is 0 Å². The summed E-state index contributed by atoms with van der Waals surface area (Å²) in [7, 11) is 1.73. The van der Waals surface area contributed by atoms with Gasteiger partial charge in [-0.25, -0.2) is 4.79 Å². The summed E-state index contributed by atoms with van der Waals surface area (Å²) < 4.78 is 0. The highest BCUT2D eigenvalue weighted by molar-refractivity contribution is 7.10. The molecular formula is C18H21N3O2S. The Morgan fingerprint density at radius 2 is 2.00 bits per heavy atom. The van der Waals surface area contributed by atoms with Gasteiger partial charge < -0.3 is 15.1 Å². The zero-order chi connectivity index (χ0) is 17.1. The Kier molecular flexibility index (Phi) is 4.85. The lowest BCUT2D eigenvalue weighted by atomic mass is 10.2. The molecular weight excluding hydrogens is 322 g/mol. The van der Waals surface area contributed by atoms with E-state index in [4.69, 9.17) is 0 Å². The zero-order valence-corrected chi connectivity index (χ0v) is 14.7. The smallest absolute Gasteiger partial charge is 0.317 e. The standard InChI is InChI=1S/C18H21N3O2S/c1-13(22)20(2)15-9-7-14(8-10-15)19-18(23)21-11-3-5-16(21)17-6-4-12-24-17/h4,6-10,12,16H,3,5,11H2,1-2H3,(H,19,23)/t16-/m0/s1. The predicted octanol–water partition coefficient (Wildman–Crippen LogP) is 4.10. The van der Waals surface area contributed by atoms with Crippen LogP contribution in [0.2, 0.25) is 0 Å². The highest BCUT2D eigenvalue weighted by Gasteiger charge is 2.30. The van der Waals surface area contributed by atoms with Crippen molar-refractivity contribution in [2.75, 3.05) is 23.8 Å². The summed E-state index contributed by atoms with van der Waals surface area (Å²) in [4.78, 5) is 28.7. The van der Waals surface area contributed by atoms with E-state index in [1.54, 1.807) is 23.3 Å². The van der Waals surface area contributed by atoms with Crippen molar-refractivity contribution in [1.29, 1.82) is 0 Å². The lowest BCUT2D eigenvalue weighted by molar-refractivity contribution is -0.116. The lowest BCUT2D eigenvalue weighted by Crippen LogP contribution is -2.34. The Morgan fingerprint density at radius 1 is 1.25 bits per heavy atom. The average molecular weight is 343 g/mol. The molecule has 0 aliphatic carbocycles.